The Hall–Kier alpha value is -0.120. The SMILES string of the molecule is C=CC=C.O=S([O-])Cl. The van der Waals surface area contributed by atoms with Gasteiger partial charge >= 0.3 is 0 Å². The van der Waals surface area contributed by atoms with Crippen LogP contribution in [0.3, 0.4) is 0 Å². The maximum absolute atomic E-state index is 8.77. The lowest BCUT2D eigenvalue weighted by atomic mass is 10.6. The maximum Gasteiger partial charge on any atom is 0.0422 e. The van der Waals surface area contributed by atoms with E-state index < -0.39 is 10.3 Å². The summed E-state index contributed by atoms with van der Waals surface area (Å²) in [6.07, 6.45) is 3.28. The third-order valence-electron chi connectivity index (χ3n) is 0.167. The van der Waals surface area contributed by atoms with E-state index in [4.69, 9.17) is 8.76 Å². The molecule has 0 spiro atoms. The van der Waals surface area contributed by atoms with E-state index in [2.05, 4.69) is 23.8 Å². The lowest BCUT2D eigenvalue weighted by molar-refractivity contribution is 0.552. The first kappa shape index (κ1) is 10.8. The Labute approximate surface area is 55.6 Å². The first-order valence-corrected chi connectivity index (χ1v) is 3.54. The number of halogens is 1. The Morgan fingerprint density at radius 1 is 1.50 bits per heavy atom. The molecular weight excluding hydrogens is 148 g/mol. The summed E-state index contributed by atoms with van der Waals surface area (Å²) in [6, 6.07) is 0. The van der Waals surface area contributed by atoms with Gasteiger partial charge in [0.25, 0.3) is 0 Å². The molecule has 0 N–H and O–H groups in total. The molecule has 0 rings (SSSR count). The topological polar surface area (TPSA) is 40.1 Å². The van der Waals surface area contributed by atoms with Crippen molar-refractivity contribution >= 4 is 21.0 Å². The zero-order valence-electron chi connectivity index (χ0n) is 4.17. The van der Waals surface area contributed by atoms with Crippen LogP contribution in [0.1, 0.15) is 0 Å². The first-order valence-electron chi connectivity index (χ1n) is 1.64. The molecule has 0 saturated carbocycles. The molecule has 48 valence electrons. The Morgan fingerprint density at radius 3 is 1.62 bits per heavy atom. The van der Waals surface area contributed by atoms with Gasteiger partial charge in [0.05, 0.1) is 0 Å². The van der Waals surface area contributed by atoms with Gasteiger partial charge in [-0.05, 0) is 10.7 Å². The molecule has 0 aliphatic heterocycles. The highest BCUT2D eigenvalue weighted by Gasteiger charge is 1.46. The van der Waals surface area contributed by atoms with Crippen molar-refractivity contribution in [1.29, 1.82) is 0 Å². The van der Waals surface area contributed by atoms with Gasteiger partial charge in [0.2, 0.25) is 0 Å². The van der Waals surface area contributed by atoms with Gasteiger partial charge < -0.3 is 4.55 Å². The molecule has 0 amide bonds. The standard InChI is InChI=1S/C4H6.ClHO2S/c1-3-4-2;1-4(2)3/h3-4H,1-2H2;(H,2,3)/p-1. The number of hydrogen-bond donors (Lipinski definition) is 0. The largest absolute Gasteiger partial charge is 0.760 e. The van der Waals surface area contributed by atoms with Gasteiger partial charge in [-0.2, -0.15) is 0 Å². The van der Waals surface area contributed by atoms with Crippen molar-refractivity contribution < 1.29 is 8.76 Å². The van der Waals surface area contributed by atoms with Crippen molar-refractivity contribution in [2.75, 3.05) is 0 Å². The van der Waals surface area contributed by atoms with E-state index in [1.54, 1.807) is 12.2 Å². The van der Waals surface area contributed by atoms with Crippen LogP contribution >= 0.6 is 10.7 Å². The van der Waals surface area contributed by atoms with Crippen LogP contribution in [0.25, 0.3) is 0 Å². The van der Waals surface area contributed by atoms with E-state index in [0.29, 0.717) is 0 Å². The highest BCUT2D eigenvalue weighted by atomic mass is 35.7. The van der Waals surface area contributed by atoms with Gasteiger partial charge in [-0.3, -0.25) is 4.21 Å². The lowest BCUT2D eigenvalue weighted by Gasteiger charge is -1.80. The molecule has 1 unspecified atom stereocenters. The van der Waals surface area contributed by atoms with Crippen LogP contribution in [0.15, 0.2) is 25.3 Å². The quantitative estimate of drug-likeness (QED) is 0.324. The molecule has 0 saturated heterocycles. The van der Waals surface area contributed by atoms with Crippen LogP contribution in [-0.4, -0.2) is 8.76 Å². The summed E-state index contributed by atoms with van der Waals surface area (Å²) in [4.78, 5) is 0. The molecule has 0 radical (unpaired) electrons. The molecule has 0 aromatic heterocycles. The second-order valence-corrected chi connectivity index (χ2v) is 1.81. The summed E-state index contributed by atoms with van der Waals surface area (Å²) in [6.45, 7) is 6.72. The molecule has 4 heteroatoms. The van der Waals surface area contributed by atoms with Gasteiger partial charge in [-0.25, -0.2) is 0 Å². The van der Waals surface area contributed by atoms with Crippen LogP contribution < -0.4 is 0 Å². The van der Waals surface area contributed by atoms with Gasteiger partial charge in [0.15, 0.2) is 0 Å². The predicted octanol–water partition coefficient (Wildman–Crippen LogP) is 1.38. The third kappa shape index (κ3) is 181. The monoisotopic (exact) mass is 153 g/mol. The van der Waals surface area contributed by atoms with Crippen molar-refractivity contribution in [2.24, 2.45) is 0 Å². The molecule has 8 heavy (non-hydrogen) atoms. The highest BCUT2D eigenvalue weighted by Crippen LogP contribution is 1.71. The molecule has 0 fully saturated rings. The average molecular weight is 154 g/mol. The zero-order valence-corrected chi connectivity index (χ0v) is 5.74. The summed E-state index contributed by atoms with van der Waals surface area (Å²) in [5.74, 6) is 0. The maximum atomic E-state index is 8.77. The summed E-state index contributed by atoms with van der Waals surface area (Å²) in [5, 5.41) is 0. The number of hydrogen-bond acceptors (Lipinski definition) is 2. The lowest BCUT2D eigenvalue weighted by Crippen LogP contribution is -1.61. The van der Waals surface area contributed by atoms with Crippen molar-refractivity contribution in [3.8, 4) is 0 Å². The molecule has 0 bridgehead atoms. The Balaban J connectivity index is 0. The first-order chi connectivity index (χ1) is 3.65. The van der Waals surface area contributed by atoms with Gasteiger partial charge in [-0.15, -0.1) is 0 Å². The average Bonchev–Trinajstić information content (AvgIpc) is 1.65. The van der Waals surface area contributed by atoms with Gasteiger partial charge in [0.1, 0.15) is 0 Å². The van der Waals surface area contributed by atoms with Crippen LogP contribution in [0.2, 0.25) is 0 Å². The predicted molar refractivity (Wildman–Crippen MR) is 35.2 cm³/mol. The molecule has 0 aliphatic carbocycles. The molecular formula is C4H6ClO2S-. The second-order valence-electron chi connectivity index (χ2n) is 0.665. The van der Waals surface area contributed by atoms with Crippen LogP contribution in [0, 0.1) is 0 Å². The van der Waals surface area contributed by atoms with Crippen molar-refractivity contribution in [3.05, 3.63) is 25.3 Å². The van der Waals surface area contributed by atoms with E-state index in [0.717, 1.165) is 0 Å². The van der Waals surface area contributed by atoms with Crippen LogP contribution in [-0.2, 0) is 10.3 Å². The van der Waals surface area contributed by atoms with Gasteiger partial charge in [-0.1, -0.05) is 25.3 Å². The van der Waals surface area contributed by atoms with E-state index >= 15 is 0 Å². The second kappa shape index (κ2) is 9.99. The minimum atomic E-state index is -2.39. The summed E-state index contributed by atoms with van der Waals surface area (Å²) in [7, 11) is 1.80. The van der Waals surface area contributed by atoms with E-state index in [1.807, 2.05) is 0 Å². The molecule has 0 heterocycles. The third-order valence-corrected chi connectivity index (χ3v) is 0.167. The Bertz CT molecular complexity index is 82.0. The molecule has 1 atom stereocenters. The molecule has 0 aliphatic rings. The van der Waals surface area contributed by atoms with Gasteiger partial charge in [0, 0.05) is 10.3 Å². The number of allylic oxidation sites excluding steroid dienone is 2. The molecule has 0 aromatic carbocycles. The summed E-state index contributed by atoms with van der Waals surface area (Å²) < 4.78 is 17.5. The fourth-order valence-corrected chi connectivity index (χ4v) is 0. The van der Waals surface area contributed by atoms with Crippen molar-refractivity contribution in [3.63, 3.8) is 0 Å². The normalized spacial score (nSPS) is 10.2. The summed E-state index contributed by atoms with van der Waals surface area (Å²) >= 11 is 0. The molecule has 0 aromatic rings. The fourth-order valence-electron chi connectivity index (χ4n) is 0. The Kier molecular flexibility index (Phi) is 13.5. The summed E-state index contributed by atoms with van der Waals surface area (Å²) in [5.41, 5.74) is 0. The minimum Gasteiger partial charge on any atom is -0.760 e. The smallest absolute Gasteiger partial charge is 0.0422 e. The van der Waals surface area contributed by atoms with E-state index in [1.165, 1.54) is 0 Å². The van der Waals surface area contributed by atoms with Crippen LogP contribution in [0.4, 0.5) is 0 Å². The number of rotatable bonds is 1. The highest BCUT2D eigenvalue weighted by molar-refractivity contribution is 8.03. The van der Waals surface area contributed by atoms with Crippen molar-refractivity contribution in [1.82, 2.24) is 0 Å². The Morgan fingerprint density at radius 2 is 1.62 bits per heavy atom. The minimum absolute atomic E-state index is 1.64. The zero-order chi connectivity index (χ0) is 6.99. The van der Waals surface area contributed by atoms with E-state index in [9.17, 15) is 0 Å². The molecule has 2 nitrogen and oxygen atoms in total. The van der Waals surface area contributed by atoms with E-state index in [-0.39, 0.29) is 0 Å². The fraction of sp³-hybridized carbons (Fsp3) is 0. The van der Waals surface area contributed by atoms with Crippen LogP contribution in [0.5, 0.6) is 0 Å². The van der Waals surface area contributed by atoms with Crippen molar-refractivity contribution in [2.45, 2.75) is 0 Å².